The summed E-state index contributed by atoms with van der Waals surface area (Å²) in [5, 5.41) is 21.2. The summed E-state index contributed by atoms with van der Waals surface area (Å²) < 4.78 is 18.8. The molecular weight excluding hydrogens is 325 g/mol. The third-order valence-electron chi connectivity index (χ3n) is 4.48. The summed E-state index contributed by atoms with van der Waals surface area (Å²) in [5.74, 6) is 0.867. The van der Waals surface area contributed by atoms with Crippen LogP contribution in [0.4, 0.5) is 4.39 Å². The minimum Gasteiger partial charge on any atom is -0.439 e. The molecule has 8 heteroatoms. The first kappa shape index (κ1) is 15.9. The number of halogens is 1. The molecule has 0 aliphatic carbocycles. The van der Waals surface area contributed by atoms with Gasteiger partial charge in [-0.2, -0.15) is 15.4 Å². The predicted molar refractivity (Wildman–Crippen MR) is 86.7 cm³/mol. The number of oxazole rings is 1. The summed E-state index contributed by atoms with van der Waals surface area (Å²) >= 11 is 0. The van der Waals surface area contributed by atoms with E-state index in [-0.39, 0.29) is 5.82 Å². The van der Waals surface area contributed by atoms with Gasteiger partial charge in [0, 0.05) is 12.1 Å². The molecule has 0 unspecified atom stereocenters. The number of H-pyrrole nitrogens is 1. The maximum Gasteiger partial charge on any atom is 0.209 e. The van der Waals surface area contributed by atoms with Gasteiger partial charge in [-0.25, -0.2) is 9.37 Å². The average molecular weight is 343 g/mol. The molecule has 0 bridgehead atoms. The minimum atomic E-state index is -1.02. The summed E-state index contributed by atoms with van der Waals surface area (Å²) in [6.45, 7) is 1.77. The van der Waals surface area contributed by atoms with E-state index in [1.165, 1.54) is 12.1 Å². The summed E-state index contributed by atoms with van der Waals surface area (Å²) in [6, 6.07) is 6.09. The standard InChI is InChI=1S/C17H18FN5O2/c18-13-4-2-12(3-5-13)14-8-19-16(25-14)10-23-7-1-6-17(24,11-23)15-9-20-22-21-15/h2-5,8-9,24H,1,6-7,10-11H2,(H,20,21,22)/t17-/m1/s1. The Labute approximate surface area is 143 Å². The first-order valence-corrected chi connectivity index (χ1v) is 8.14. The molecule has 0 saturated carbocycles. The second-order valence-electron chi connectivity index (χ2n) is 6.33. The van der Waals surface area contributed by atoms with Gasteiger partial charge in [0.25, 0.3) is 0 Å². The highest BCUT2D eigenvalue weighted by Crippen LogP contribution is 2.30. The lowest BCUT2D eigenvalue weighted by molar-refractivity contribution is -0.0432. The fourth-order valence-corrected chi connectivity index (χ4v) is 3.22. The fraction of sp³-hybridized carbons (Fsp3) is 0.353. The lowest BCUT2D eigenvalue weighted by Crippen LogP contribution is -2.45. The van der Waals surface area contributed by atoms with Crippen LogP contribution < -0.4 is 0 Å². The number of aromatic nitrogens is 4. The predicted octanol–water partition coefficient (Wildman–Crippen LogP) is 2.08. The molecule has 2 aromatic heterocycles. The summed E-state index contributed by atoms with van der Waals surface area (Å²) in [7, 11) is 0. The normalized spacial score (nSPS) is 21.5. The highest BCUT2D eigenvalue weighted by molar-refractivity contribution is 5.55. The van der Waals surface area contributed by atoms with Crippen LogP contribution in [0.2, 0.25) is 0 Å². The van der Waals surface area contributed by atoms with Crippen LogP contribution in [0.15, 0.2) is 41.1 Å². The number of aromatic amines is 1. The average Bonchev–Trinajstić information content (AvgIpc) is 3.28. The number of hydrogen-bond donors (Lipinski definition) is 2. The zero-order valence-electron chi connectivity index (χ0n) is 13.5. The summed E-state index contributed by atoms with van der Waals surface area (Å²) in [4.78, 5) is 6.38. The van der Waals surface area contributed by atoms with Crippen LogP contribution >= 0.6 is 0 Å². The third-order valence-corrected chi connectivity index (χ3v) is 4.48. The number of β-amino-alcohol motifs (C(OH)–C–C–N with tert-alkyl or cyclic N) is 1. The topological polar surface area (TPSA) is 91.1 Å². The largest absolute Gasteiger partial charge is 0.439 e. The summed E-state index contributed by atoms with van der Waals surface area (Å²) in [6.07, 6.45) is 4.68. The zero-order valence-corrected chi connectivity index (χ0v) is 13.5. The van der Waals surface area contributed by atoms with Crippen molar-refractivity contribution < 1.29 is 13.9 Å². The third kappa shape index (κ3) is 3.31. The summed E-state index contributed by atoms with van der Waals surface area (Å²) in [5.41, 5.74) is 0.312. The molecule has 1 aromatic carbocycles. The molecule has 2 N–H and O–H groups in total. The van der Waals surface area contributed by atoms with Gasteiger partial charge < -0.3 is 9.52 Å². The van der Waals surface area contributed by atoms with Crippen molar-refractivity contribution in [2.45, 2.75) is 25.0 Å². The highest BCUT2D eigenvalue weighted by atomic mass is 19.1. The van der Waals surface area contributed by atoms with Crippen molar-refractivity contribution in [2.24, 2.45) is 0 Å². The van der Waals surface area contributed by atoms with Crippen LogP contribution in [-0.4, -0.2) is 43.5 Å². The van der Waals surface area contributed by atoms with E-state index in [1.54, 1.807) is 24.5 Å². The van der Waals surface area contributed by atoms with Crippen LogP contribution in [0, 0.1) is 5.82 Å². The maximum absolute atomic E-state index is 13.0. The molecule has 0 spiro atoms. The van der Waals surface area contributed by atoms with E-state index >= 15 is 0 Å². The number of piperidine rings is 1. The molecule has 0 radical (unpaired) electrons. The van der Waals surface area contributed by atoms with Crippen LogP contribution in [0.1, 0.15) is 24.4 Å². The molecule has 1 fully saturated rings. The highest BCUT2D eigenvalue weighted by Gasteiger charge is 2.37. The zero-order chi connectivity index (χ0) is 17.3. The Morgan fingerprint density at radius 3 is 2.88 bits per heavy atom. The van der Waals surface area contributed by atoms with Gasteiger partial charge in [0.2, 0.25) is 5.89 Å². The number of likely N-dealkylation sites (tertiary alicyclic amines) is 1. The number of nitrogens with one attached hydrogen (secondary N) is 1. The molecule has 1 aliphatic rings. The van der Waals surface area contributed by atoms with Crippen molar-refractivity contribution in [1.82, 2.24) is 25.3 Å². The van der Waals surface area contributed by atoms with Gasteiger partial charge in [-0.05, 0) is 43.7 Å². The number of aliphatic hydroxyl groups is 1. The molecule has 0 amide bonds. The van der Waals surface area contributed by atoms with Crippen LogP contribution in [0.25, 0.3) is 11.3 Å². The van der Waals surface area contributed by atoms with E-state index in [9.17, 15) is 9.50 Å². The number of nitrogens with zero attached hydrogens (tertiary/aromatic N) is 4. The molecule has 7 nitrogen and oxygen atoms in total. The van der Waals surface area contributed by atoms with Crippen LogP contribution in [-0.2, 0) is 12.1 Å². The van der Waals surface area contributed by atoms with Gasteiger partial charge in [0.05, 0.1) is 18.9 Å². The Morgan fingerprint density at radius 1 is 1.28 bits per heavy atom. The maximum atomic E-state index is 13.0. The minimum absolute atomic E-state index is 0.288. The Kier molecular flexibility index (Phi) is 4.06. The SMILES string of the molecule is O[C@]1(c2cn[nH]n2)CCCN(Cc2ncc(-c3ccc(F)cc3)o2)C1. The molecule has 1 saturated heterocycles. The fourth-order valence-electron chi connectivity index (χ4n) is 3.22. The quantitative estimate of drug-likeness (QED) is 0.754. The van der Waals surface area contributed by atoms with E-state index < -0.39 is 5.60 Å². The van der Waals surface area contributed by atoms with Crippen LogP contribution in [0.3, 0.4) is 0 Å². The Bertz CT molecular complexity index is 833. The molecule has 4 rings (SSSR count). The van der Waals surface area contributed by atoms with Crippen molar-refractivity contribution in [1.29, 1.82) is 0 Å². The van der Waals surface area contributed by atoms with Crippen LogP contribution in [0.5, 0.6) is 0 Å². The van der Waals surface area contributed by atoms with E-state index in [2.05, 4.69) is 25.3 Å². The second kappa shape index (κ2) is 6.38. The first-order chi connectivity index (χ1) is 12.1. The van der Waals surface area contributed by atoms with Crippen molar-refractivity contribution in [3.63, 3.8) is 0 Å². The Hall–Kier alpha value is -2.58. The lowest BCUT2D eigenvalue weighted by atomic mass is 9.90. The number of rotatable bonds is 4. The molecule has 1 atom stereocenters. The van der Waals surface area contributed by atoms with E-state index in [4.69, 9.17) is 4.42 Å². The second-order valence-corrected chi connectivity index (χ2v) is 6.33. The molecule has 1 aliphatic heterocycles. The monoisotopic (exact) mass is 343 g/mol. The first-order valence-electron chi connectivity index (χ1n) is 8.14. The van der Waals surface area contributed by atoms with Gasteiger partial charge >= 0.3 is 0 Å². The van der Waals surface area contributed by atoms with Crippen molar-refractivity contribution in [3.8, 4) is 11.3 Å². The van der Waals surface area contributed by atoms with Gasteiger partial charge in [0.15, 0.2) is 5.76 Å². The smallest absolute Gasteiger partial charge is 0.209 e. The van der Waals surface area contributed by atoms with E-state index in [1.807, 2.05) is 0 Å². The van der Waals surface area contributed by atoms with Gasteiger partial charge in [-0.1, -0.05) is 0 Å². The molecule has 3 heterocycles. The molecular formula is C17H18FN5O2. The van der Waals surface area contributed by atoms with Crippen molar-refractivity contribution in [3.05, 3.63) is 54.1 Å². The number of hydrogen-bond acceptors (Lipinski definition) is 6. The van der Waals surface area contributed by atoms with Gasteiger partial charge in [0.1, 0.15) is 17.1 Å². The van der Waals surface area contributed by atoms with Gasteiger partial charge in [-0.3, -0.25) is 4.90 Å². The Morgan fingerprint density at radius 2 is 2.12 bits per heavy atom. The molecule has 130 valence electrons. The van der Waals surface area contributed by atoms with E-state index in [0.29, 0.717) is 36.9 Å². The lowest BCUT2D eigenvalue weighted by Gasteiger charge is -2.37. The Balaban J connectivity index is 1.46. The molecule has 3 aromatic rings. The van der Waals surface area contributed by atoms with E-state index in [0.717, 1.165) is 18.5 Å². The molecule has 25 heavy (non-hydrogen) atoms. The number of benzene rings is 1. The van der Waals surface area contributed by atoms with Crippen molar-refractivity contribution in [2.75, 3.05) is 13.1 Å². The van der Waals surface area contributed by atoms with Crippen molar-refractivity contribution >= 4 is 0 Å². The van der Waals surface area contributed by atoms with Gasteiger partial charge in [-0.15, -0.1) is 0 Å².